The van der Waals surface area contributed by atoms with Crippen LogP contribution >= 0.6 is 0 Å². The lowest BCUT2D eigenvalue weighted by Crippen LogP contribution is -2.37. The Hall–Kier alpha value is -3.55. The maximum absolute atomic E-state index is 12.3. The quantitative estimate of drug-likeness (QED) is 0.0834. The predicted molar refractivity (Wildman–Crippen MR) is 161 cm³/mol. The average Bonchev–Trinajstić information content (AvgIpc) is 3.11. The van der Waals surface area contributed by atoms with Crippen LogP contribution in [0.2, 0.25) is 0 Å². The van der Waals surface area contributed by atoms with Crippen molar-refractivity contribution in [2.24, 2.45) is 27.7 Å². The van der Waals surface area contributed by atoms with Crippen molar-refractivity contribution < 1.29 is 14.4 Å². The minimum Gasteiger partial charge on any atom is -0.495 e. The van der Waals surface area contributed by atoms with Crippen molar-refractivity contribution in [1.82, 2.24) is 10.2 Å². The summed E-state index contributed by atoms with van der Waals surface area (Å²) in [6.45, 7) is 16.7. The Balaban J connectivity index is 2.09. The van der Waals surface area contributed by atoms with Gasteiger partial charge in [-0.3, -0.25) is 4.99 Å². The van der Waals surface area contributed by atoms with E-state index in [1.165, 1.54) is 0 Å². The van der Waals surface area contributed by atoms with Gasteiger partial charge in [-0.15, -0.1) is 0 Å². The Morgan fingerprint density at radius 1 is 1.26 bits per heavy atom. The first-order valence-corrected chi connectivity index (χ1v) is 13.8. The highest BCUT2D eigenvalue weighted by atomic mass is 16.6. The first-order valence-electron chi connectivity index (χ1n) is 13.8. The number of nitrogens with two attached hydrogens (primary N) is 1. The number of carbonyl (C=O) groups is 1. The molecule has 214 valence electrons. The van der Waals surface area contributed by atoms with Crippen molar-refractivity contribution in [2.75, 3.05) is 27.2 Å². The van der Waals surface area contributed by atoms with Gasteiger partial charge in [0.1, 0.15) is 12.4 Å². The molecule has 2 amide bonds. The molecule has 3 N–H and O–H groups in total. The van der Waals surface area contributed by atoms with Crippen LogP contribution < -0.4 is 11.1 Å². The molecule has 0 bridgehead atoms. The molecular weight excluding hydrogens is 490 g/mol. The highest BCUT2D eigenvalue weighted by Crippen LogP contribution is 2.31. The number of rotatable bonds is 13. The number of amidine groups is 1. The summed E-state index contributed by atoms with van der Waals surface area (Å²) >= 11 is 0. The van der Waals surface area contributed by atoms with Crippen molar-refractivity contribution in [3.05, 3.63) is 71.0 Å². The van der Waals surface area contributed by atoms with Gasteiger partial charge in [0, 0.05) is 19.7 Å². The summed E-state index contributed by atoms with van der Waals surface area (Å²) in [5.41, 5.74) is 10.3. The van der Waals surface area contributed by atoms with Crippen LogP contribution in [-0.2, 0) is 16.0 Å². The van der Waals surface area contributed by atoms with E-state index in [-0.39, 0.29) is 36.6 Å². The molecule has 1 aromatic carbocycles. The molecule has 39 heavy (non-hydrogen) atoms. The Morgan fingerprint density at radius 3 is 2.64 bits per heavy atom. The van der Waals surface area contributed by atoms with Crippen LogP contribution in [0.25, 0.3) is 0 Å². The predicted octanol–water partition coefficient (Wildman–Crippen LogP) is 5.76. The maximum atomic E-state index is 12.3. The first kappa shape index (κ1) is 31.7. The van der Waals surface area contributed by atoms with E-state index < -0.39 is 0 Å². The molecule has 8 heteroatoms. The van der Waals surface area contributed by atoms with Crippen molar-refractivity contribution in [2.45, 2.75) is 65.5 Å². The fraction of sp³-hybridized carbons (Fsp3) is 0.516. The van der Waals surface area contributed by atoms with Gasteiger partial charge in [0.15, 0.2) is 5.84 Å². The Kier molecular flexibility index (Phi) is 12.8. The van der Waals surface area contributed by atoms with Gasteiger partial charge in [0.25, 0.3) is 0 Å². The number of hydrogen-bond acceptors (Lipinski definition) is 5. The lowest BCUT2D eigenvalue weighted by Gasteiger charge is -2.23. The normalized spacial score (nSPS) is 17.7. The number of oxime groups is 1. The molecule has 0 radical (unpaired) electrons. The van der Waals surface area contributed by atoms with Crippen LogP contribution in [-0.4, -0.2) is 56.8 Å². The second kappa shape index (κ2) is 15.8. The van der Waals surface area contributed by atoms with Gasteiger partial charge in [0.05, 0.1) is 24.6 Å². The molecule has 1 aliphatic rings. The fourth-order valence-electron chi connectivity index (χ4n) is 4.51. The number of urea groups is 1. The Bertz CT molecular complexity index is 1070. The third kappa shape index (κ3) is 9.61. The van der Waals surface area contributed by atoms with Crippen LogP contribution in [0.3, 0.4) is 0 Å². The third-order valence-corrected chi connectivity index (χ3v) is 6.77. The number of fused-ring (bicyclic) bond motifs is 1. The molecule has 0 aromatic heterocycles. The van der Waals surface area contributed by atoms with Crippen molar-refractivity contribution in [3.63, 3.8) is 0 Å². The molecule has 3 atom stereocenters. The van der Waals surface area contributed by atoms with Gasteiger partial charge in [0.2, 0.25) is 0 Å². The van der Waals surface area contributed by atoms with E-state index in [4.69, 9.17) is 15.3 Å². The number of nitrogens with one attached hydrogen (secondary N) is 1. The highest BCUT2D eigenvalue weighted by molar-refractivity contribution is 5.98. The van der Waals surface area contributed by atoms with Gasteiger partial charge in [-0.1, -0.05) is 55.4 Å². The summed E-state index contributed by atoms with van der Waals surface area (Å²) in [7, 11) is 3.49. The summed E-state index contributed by atoms with van der Waals surface area (Å²) < 4.78 is 5.94. The molecule has 0 heterocycles. The van der Waals surface area contributed by atoms with Crippen molar-refractivity contribution in [1.29, 1.82) is 0 Å². The third-order valence-electron chi connectivity index (χ3n) is 6.77. The molecule has 3 unspecified atom stereocenters. The molecule has 1 aromatic rings. The molecule has 0 aliphatic heterocycles. The van der Waals surface area contributed by atoms with Gasteiger partial charge in [-0.2, -0.15) is 0 Å². The smallest absolute Gasteiger partial charge is 0.317 e. The summed E-state index contributed by atoms with van der Waals surface area (Å²) in [6.07, 6.45) is 10.0. The zero-order chi connectivity index (χ0) is 28.9. The largest absolute Gasteiger partial charge is 0.495 e. The molecule has 0 saturated heterocycles. The molecular formula is C31H47N5O3. The minimum atomic E-state index is -0.105. The number of amides is 2. The minimum absolute atomic E-state index is 0.0133. The molecule has 1 aliphatic carbocycles. The highest BCUT2D eigenvalue weighted by Gasteiger charge is 2.24. The zero-order valence-corrected chi connectivity index (χ0v) is 24.6. The van der Waals surface area contributed by atoms with E-state index in [1.54, 1.807) is 19.0 Å². The lowest BCUT2D eigenvalue weighted by molar-refractivity contribution is 0.128. The van der Waals surface area contributed by atoms with Gasteiger partial charge < -0.3 is 25.5 Å². The number of benzene rings is 1. The summed E-state index contributed by atoms with van der Waals surface area (Å²) in [4.78, 5) is 23.6. The van der Waals surface area contributed by atoms with Gasteiger partial charge >= 0.3 is 6.03 Å². The number of nitrogens with zero attached hydrogens (tertiary/aromatic N) is 3. The molecule has 8 nitrogen and oxygen atoms in total. The average molecular weight is 538 g/mol. The Labute approximate surface area is 234 Å². The SMILES string of the molecule is C=NCC(C=CC(C)C(=C)CON=C(N)c1cccc2c1CCCCC2NC(=O)N(C)C)C(=CC)OC(C)C. The number of allylic oxidation sites excluding steroid dienone is 2. The zero-order valence-electron chi connectivity index (χ0n) is 24.6. The summed E-state index contributed by atoms with van der Waals surface area (Å²) in [5.74, 6) is 1.27. The van der Waals surface area contributed by atoms with Crippen LogP contribution in [0.1, 0.15) is 69.7 Å². The van der Waals surface area contributed by atoms with E-state index in [2.05, 4.69) is 53.9 Å². The second-order valence-corrected chi connectivity index (χ2v) is 10.5. The lowest BCUT2D eigenvalue weighted by atomic mass is 9.94. The molecule has 0 spiro atoms. The van der Waals surface area contributed by atoms with Crippen LogP contribution in [0.15, 0.2) is 64.5 Å². The number of hydrogen-bond donors (Lipinski definition) is 2. The van der Waals surface area contributed by atoms with Gasteiger partial charge in [-0.05, 0) is 75.4 Å². The van der Waals surface area contributed by atoms with Crippen LogP contribution in [0.5, 0.6) is 0 Å². The fourth-order valence-corrected chi connectivity index (χ4v) is 4.51. The van der Waals surface area contributed by atoms with E-state index in [0.29, 0.717) is 12.4 Å². The Morgan fingerprint density at radius 2 is 2.00 bits per heavy atom. The summed E-state index contributed by atoms with van der Waals surface area (Å²) in [6, 6.07) is 5.82. The van der Waals surface area contributed by atoms with Gasteiger partial charge in [-0.25, -0.2) is 4.79 Å². The van der Waals surface area contributed by atoms with Crippen molar-refractivity contribution in [3.8, 4) is 0 Å². The van der Waals surface area contributed by atoms with E-state index in [9.17, 15) is 4.79 Å². The maximum Gasteiger partial charge on any atom is 0.317 e. The van der Waals surface area contributed by atoms with E-state index in [1.807, 2.05) is 39.0 Å². The van der Waals surface area contributed by atoms with E-state index >= 15 is 0 Å². The first-order chi connectivity index (χ1) is 18.6. The monoisotopic (exact) mass is 537 g/mol. The topological polar surface area (TPSA) is 102 Å². The molecule has 0 fully saturated rings. The van der Waals surface area contributed by atoms with Crippen LogP contribution in [0.4, 0.5) is 4.79 Å². The molecule has 2 rings (SSSR count). The number of ether oxygens (including phenoxy) is 1. The number of carbonyl (C=O) groups excluding carboxylic acids is 1. The van der Waals surface area contributed by atoms with Crippen LogP contribution in [0, 0.1) is 11.8 Å². The standard InChI is InChI=1S/C31H47N5O3/c1-9-29(39-21(2)3)24(19-33-6)18-17-22(4)23(5)20-38-35-30(32)27-15-12-14-26-25(27)13-10-11-16-28(26)34-31(37)36(7)8/h9,12,14-15,17-18,21-22,24,28H,5-6,10-11,13,16,19-20H2,1-4,7-8H3,(H2,32,35)(H,34,37). The molecule has 0 saturated carbocycles. The summed E-state index contributed by atoms with van der Waals surface area (Å²) in [5, 5.41) is 7.37. The number of aliphatic imine (C=N–C) groups is 1. The second-order valence-electron chi connectivity index (χ2n) is 10.5. The van der Waals surface area contributed by atoms with E-state index in [0.717, 1.165) is 53.7 Å². The van der Waals surface area contributed by atoms with Crippen molar-refractivity contribution >= 4 is 18.6 Å².